The molecule has 0 saturated heterocycles. The molecular formula is C20H21NO4. The van der Waals surface area contributed by atoms with E-state index in [1.807, 2.05) is 36.4 Å². The molecule has 5 heteroatoms. The molecule has 25 heavy (non-hydrogen) atoms. The van der Waals surface area contributed by atoms with E-state index in [-0.39, 0.29) is 18.9 Å². The van der Waals surface area contributed by atoms with Crippen LogP contribution in [0.2, 0.25) is 0 Å². The Bertz CT molecular complexity index is 765. The number of nitrogens with one attached hydrogen (secondary N) is 1. The molecule has 0 heterocycles. The molecule has 0 fully saturated rings. The van der Waals surface area contributed by atoms with Crippen LogP contribution in [0.1, 0.15) is 30.4 Å². The fraction of sp³-hybridized carbons (Fsp3) is 0.300. The third-order valence-corrected chi connectivity index (χ3v) is 5.01. The van der Waals surface area contributed by atoms with E-state index >= 15 is 0 Å². The first-order chi connectivity index (χ1) is 12.0. The Hall–Kier alpha value is -2.66. The van der Waals surface area contributed by atoms with Gasteiger partial charge in [-0.05, 0) is 35.7 Å². The zero-order chi connectivity index (χ0) is 18.0. The molecular weight excluding hydrogens is 318 g/mol. The van der Waals surface area contributed by atoms with E-state index in [2.05, 4.69) is 17.4 Å². The maximum Gasteiger partial charge on any atom is 0.338 e. The van der Waals surface area contributed by atoms with Crippen molar-refractivity contribution in [3.05, 3.63) is 59.7 Å². The average Bonchev–Trinajstić information content (AvgIpc) is 2.95. The summed E-state index contributed by atoms with van der Waals surface area (Å²) in [6.07, 6.45) is 0.107. The summed E-state index contributed by atoms with van der Waals surface area (Å²) in [5.74, 6) is -2.07. The molecule has 0 amide bonds. The first kappa shape index (κ1) is 17.2. The molecule has 0 aromatic heterocycles. The quantitative estimate of drug-likeness (QED) is 0.625. The number of carbonyl (C=O) groups is 2. The number of likely N-dealkylation sites (N-methyl/N-ethyl adjacent to an activating group) is 1. The zero-order valence-corrected chi connectivity index (χ0v) is 14.3. The molecule has 130 valence electrons. The molecule has 1 aliphatic rings. The SMILES string of the molecule is CC[C@](NC)(C(=O)O)C(=O)OCC1c2ccccc2-c2ccccc21. The van der Waals surface area contributed by atoms with Crippen LogP contribution in [0.3, 0.4) is 0 Å². The van der Waals surface area contributed by atoms with Gasteiger partial charge in [-0.2, -0.15) is 0 Å². The number of carboxylic acid groups (broad SMARTS) is 1. The summed E-state index contributed by atoms with van der Waals surface area (Å²) in [7, 11) is 1.46. The molecule has 1 atom stereocenters. The largest absolute Gasteiger partial charge is 0.479 e. The van der Waals surface area contributed by atoms with Gasteiger partial charge in [0.05, 0.1) is 0 Å². The predicted octanol–water partition coefficient (Wildman–Crippen LogP) is 2.79. The predicted molar refractivity (Wildman–Crippen MR) is 94.4 cm³/mol. The molecule has 0 unspecified atom stereocenters. The number of esters is 1. The van der Waals surface area contributed by atoms with E-state index in [0.29, 0.717) is 0 Å². The third-order valence-electron chi connectivity index (χ3n) is 5.01. The van der Waals surface area contributed by atoms with Crippen LogP contribution in [0, 0.1) is 0 Å². The van der Waals surface area contributed by atoms with E-state index in [9.17, 15) is 14.7 Å². The van der Waals surface area contributed by atoms with Crippen molar-refractivity contribution >= 4 is 11.9 Å². The van der Waals surface area contributed by atoms with Crippen LogP contribution < -0.4 is 5.32 Å². The molecule has 0 spiro atoms. The lowest BCUT2D eigenvalue weighted by Gasteiger charge is -2.26. The number of fused-ring (bicyclic) bond motifs is 3. The van der Waals surface area contributed by atoms with Gasteiger partial charge in [0, 0.05) is 5.92 Å². The number of hydrogen-bond acceptors (Lipinski definition) is 4. The van der Waals surface area contributed by atoms with Gasteiger partial charge in [0.25, 0.3) is 0 Å². The Morgan fingerprint density at radius 1 is 1.08 bits per heavy atom. The standard InChI is InChI=1S/C20H21NO4/c1-3-20(21-2,18(22)23)19(24)25-12-17-15-10-6-4-8-13(15)14-9-5-7-11-16(14)17/h4-11,17,21H,3,12H2,1-2H3,(H,22,23)/t20-/m0/s1. The minimum absolute atomic E-state index is 0.0865. The van der Waals surface area contributed by atoms with Crippen molar-refractivity contribution in [2.24, 2.45) is 0 Å². The number of carboxylic acids is 1. The van der Waals surface area contributed by atoms with Crippen molar-refractivity contribution in [3.8, 4) is 11.1 Å². The molecule has 0 aliphatic heterocycles. The van der Waals surface area contributed by atoms with Crippen molar-refractivity contribution in [1.29, 1.82) is 0 Å². The summed E-state index contributed by atoms with van der Waals surface area (Å²) in [5.41, 5.74) is 2.75. The fourth-order valence-corrected chi connectivity index (χ4v) is 3.49. The summed E-state index contributed by atoms with van der Waals surface area (Å²) in [5, 5.41) is 12.0. The maximum absolute atomic E-state index is 12.5. The highest BCUT2D eigenvalue weighted by atomic mass is 16.5. The molecule has 5 nitrogen and oxygen atoms in total. The third kappa shape index (κ3) is 2.70. The smallest absolute Gasteiger partial charge is 0.338 e. The van der Waals surface area contributed by atoms with E-state index in [1.165, 1.54) is 7.05 Å². The first-order valence-electron chi connectivity index (χ1n) is 8.33. The maximum atomic E-state index is 12.5. The van der Waals surface area contributed by atoms with E-state index < -0.39 is 17.5 Å². The molecule has 0 bridgehead atoms. The Morgan fingerprint density at radius 3 is 2.04 bits per heavy atom. The number of benzene rings is 2. The average molecular weight is 339 g/mol. The second kappa shape index (κ2) is 6.69. The van der Waals surface area contributed by atoms with Crippen LogP contribution in [-0.2, 0) is 14.3 Å². The van der Waals surface area contributed by atoms with Gasteiger partial charge in [-0.15, -0.1) is 0 Å². The van der Waals surface area contributed by atoms with E-state index in [4.69, 9.17) is 4.74 Å². The van der Waals surface area contributed by atoms with Crippen LogP contribution in [0.4, 0.5) is 0 Å². The summed E-state index contributed by atoms with van der Waals surface area (Å²) >= 11 is 0. The van der Waals surface area contributed by atoms with Crippen molar-refractivity contribution in [2.45, 2.75) is 24.8 Å². The zero-order valence-electron chi connectivity index (χ0n) is 14.3. The second-order valence-electron chi connectivity index (χ2n) is 6.14. The molecule has 1 aliphatic carbocycles. The minimum atomic E-state index is -1.71. The van der Waals surface area contributed by atoms with Crippen LogP contribution >= 0.6 is 0 Å². The lowest BCUT2D eigenvalue weighted by atomic mass is 9.95. The van der Waals surface area contributed by atoms with Gasteiger partial charge in [0.1, 0.15) is 6.61 Å². The number of aliphatic carboxylic acids is 1. The summed E-state index contributed by atoms with van der Waals surface area (Å²) in [4.78, 5) is 24.0. The van der Waals surface area contributed by atoms with Crippen molar-refractivity contribution in [1.82, 2.24) is 5.32 Å². The van der Waals surface area contributed by atoms with Crippen molar-refractivity contribution in [2.75, 3.05) is 13.7 Å². The molecule has 2 aromatic rings. The van der Waals surface area contributed by atoms with Gasteiger partial charge >= 0.3 is 11.9 Å². The van der Waals surface area contributed by atoms with Crippen molar-refractivity contribution in [3.63, 3.8) is 0 Å². The van der Waals surface area contributed by atoms with Gasteiger partial charge in [-0.25, -0.2) is 9.59 Å². The molecule has 0 radical (unpaired) electrons. The van der Waals surface area contributed by atoms with Crippen LogP contribution in [0.25, 0.3) is 11.1 Å². The van der Waals surface area contributed by atoms with Crippen LogP contribution in [0.15, 0.2) is 48.5 Å². The molecule has 2 aromatic carbocycles. The summed E-state index contributed by atoms with van der Waals surface area (Å²) < 4.78 is 5.47. The molecule has 3 rings (SSSR count). The minimum Gasteiger partial charge on any atom is -0.479 e. The lowest BCUT2D eigenvalue weighted by Crippen LogP contribution is -2.57. The highest BCUT2D eigenvalue weighted by Crippen LogP contribution is 2.44. The van der Waals surface area contributed by atoms with Crippen molar-refractivity contribution < 1.29 is 19.4 Å². The molecule has 0 saturated carbocycles. The van der Waals surface area contributed by atoms with Crippen LogP contribution in [0.5, 0.6) is 0 Å². The number of carbonyl (C=O) groups excluding carboxylic acids is 1. The Kier molecular flexibility index (Phi) is 4.59. The Morgan fingerprint density at radius 2 is 1.60 bits per heavy atom. The highest BCUT2D eigenvalue weighted by molar-refractivity contribution is 6.04. The highest BCUT2D eigenvalue weighted by Gasteiger charge is 2.45. The van der Waals surface area contributed by atoms with Gasteiger partial charge in [0.2, 0.25) is 5.54 Å². The monoisotopic (exact) mass is 339 g/mol. The number of hydrogen-bond donors (Lipinski definition) is 2. The topological polar surface area (TPSA) is 75.6 Å². The number of rotatable bonds is 6. The van der Waals surface area contributed by atoms with E-state index in [0.717, 1.165) is 22.3 Å². The van der Waals surface area contributed by atoms with Gasteiger partial charge in [-0.3, -0.25) is 5.32 Å². The lowest BCUT2D eigenvalue weighted by molar-refractivity contribution is -0.163. The first-order valence-corrected chi connectivity index (χ1v) is 8.33. The normalized spacial score (nSPS) is 15.1. The van der Waals surface area contributed by atoms with Crippen LogP contribution in [-0.4, -0.2) is 36.2 Å². The Labute approximate surface area is 146 Å². The summed E-state index contributed by atoms with van der Waals surface area (Å²) in [6.45, 7) is 1.76. The second-order valence-corrected chi connectivity index (χ2v) is 6.14. The number of ether oxygens (including phenoxy) is 1. The van der Waals surface area contributed by atoms with E-state index in [1.54, 1.807) is 6.92 Å². The van der Waals surface area contributed by atoms with Gasteiger partial charge in [-0.1, -0.05) is 55.5 Å². The molecule has 2 N–H and O–H groups in total. The summed E-state index contributed by atoms with van der Waals surface area (Å²) in [6, 6.07) is 16.0. The van der Waals surface area contributed by atoms with Gasteiger partial charge < -0.3 is 9.84 Å². The fourth-order valence-electron chi connectivity index (χ4n) is 3.49. The van der Waals surface area contributed by atoms with Gasteiger partial charge in [0.15, 0.2) is 0 Å². The Balaban J connectivity index is 1.87.